The lowest BCUT2D eigenvalue weighted by molar-refractivity contribution is 0.0525. The van der Waals surface area contributed by atoms with Crippen molar-refractivity contribution in [3.8, 4) is 0 Å². The molecular formula is C14H16N2O2. The second kappa shape index (κ2) is 4.21. The van der Waals surface area contributed by atoms with Crippen molar-refractivity contribution >= 4 is 11.8 Å². The van der Waals surface area contributed by atoms with Gasteiger partial charge in [-0.1, -0.05) is 25.0 Å². The Kier molecular flexibility index (Phi) is 2.67. The van der Waals surface area contributed by atoms with Crippen molar-refractivity contribution in [3.63, 3.8) is 0 Å². The summed E-state index contributed by atoms with van der Waals surface area (Å²) in [5.74, 6) is -0.365. The molecule has 0 spiro atoms. The number of nitrogens with zero attached hydrogens (tertiary/aromatic N) is 1. The van der Waals surface area contributed by atoms with Gasteiger partial charge < -0.3 is 5.73 Å². The molecule has 1 fully saturated rings. The second-order valence-corrected chi connectivity index (χ2v) is 5.04. The highest BCUT2D eigenvalue weighted by atomic mass is 16.2. The van der Waals surface area contributed by atoms with Gasteiger partial charge in [0.15, 0.2) is 0 Å². The number of fused-ring (bicyclic) bond motifs is 1. The number of rotatable bonds is 1. The molecule has 2 aliphatic rings. The molecule has 1 heterocycles. The Morgan fingerprint density at radius 1 is 1.00 bits per heavy atom. The van der Waals surface area contributed by atoms with Crippen LogP contribution in [0, 0.1) is 0 Å². The smallest absolute Gasteiger partial charge is 0.261 e. The SMILES string of the molecule is NC1CCCC[C@@H]1N1C(=O)c2ccccc2C1=O. The van der Waals surface area contributed by atoms with Crippen LogP contribution in [0.1, 0.15) is 46.4 Å². The van der Waals surface area contributed by atoms with Gasteiger partial charge in [0.2, 0.25) is 0 Å². The maximum Gasteiger partial charge on any atom is 0.261 e. The molecule has 1 aliphatic heterocycles. The van der Waals surface area contributed by atoms with Crippen LogP contribution < -0.4 is 5.73 Å². The number of hydrogen-bond acceptors (Lipinski definition) is 3. The summed E-state index contributed by atoms with van der Waals surface area (Å²) in [5, 5.41) is 0. The molecule has 0 radical (unpaired) electrons. The number of carbonyl (C=O) groups excluding carboxylic acids is 2. The molecule has 1 saturated carbocycles. The third-order valence-electron chi connectivity index (χ3n) is 3.94. The van der Waals surface area contributed by atoms with Crippen LogP contribution >= 0.6 is 0 Å². The van der Waals surface area contributed by atoms with E-state index in [1.165, 1.54) is 4.90 Å². The van der Waals surface area contributed by atoms with Gasteiger partial charge in [0.1, 0.15) is 0 Å². The van der Waals surface area contributed by atoms with E-state index in [0.717, 1.165) is 25.7 Å². The summed E-state index contributed by atoms with van der Waals surface area (Å²) in [6.07, 6.45) is 3.83. The molecule has 18 heavy (non-hydrogen) atoms. The van der Waals surface area contributed by atoms with Gasteiger partial charge >= 0.3 is 0 Å². The van der Waals surface area contributed by atoms with Crippen molar-refractivity contribution in [1.29, 1.82) is 0 Å². The summed E-state index contributed by atoms with van der Waals surface area (Å²) in [6.45, 7) is 0. The summed E-state index contributed by atoms with van der Waals surface area (Å²) in [5.41, 5.74) is 7.10. The highest BCUT2D eigenvalue weighted by Crippen LogP contribution is 2.30. The second-order valence-electron chi connectivity index (χ2n) is 5.04. The van der Waals surface area contributed by atoms with Crippen LogP contribution in [0.3, 0.4) is 0 Å². The minimum absolute atomic E-state index is 0.0824. The topological polar surface area (TPSA) is 63.4 Å². The third-order valence-corrected chi connectivity index (χ3v) is 3.94. The van der Waals surface area contributed by atoms with E-state index in [2.05, 4.69) is 0 Å². The summed E-state index contributed by atoms with van der Waals surface area (Å²) >= 11 is 0. The van der Waals surface area contributed by atoms with Crippen molar-refractivity contribution in [1.82, 2.24) is 4.90 Å². The van der Waals surface area contributed by atoms with Gasteiger partial charge in [0.05, 0.1) is 17.2 Å². The zero-order valence-corrected chi connectivity index (χ0v) is 10.1. The number of hydrogen-bond donors (Lipinski definition) is 1. The summed E-state index contributed by atoms with van der Waals surface area (Å²) in [4.78, 5) is 26.0. The van der Waals surface area contributed by atoms with Crippen LogP contribution in [-0.2, 0) is 0 Å². The van der Waals surface area contributed by atoms with Gasteiger partial charge in [0, 0.05) is 6.04 Å². The Labute approximate surface area is 106 Å². The molecule has 1 unspecified atom stereocenters. The fraction of sp³-hybridized carbons (Fsp3) is 0.429. The number of imide groups is 1. The number of nitrogens with two attached hydrogens (primary N) is 1. The average Bonchev–Trinajstić information content (AvgIpc) is 2.64. The first kappa shape index (κ1) is 11.4. The molecule has 3 rings (SSSR count). The fourth-order valence-corrected chi connectivity index (χ4v) is 2.97. The molecule has 1 aromatic carbocycles. The first-order valence-corrected chi connectivity index (χ1v) is 6.42. The molecule has 4 nitrogen and oxygen atoms in total. The predicted octanol–water partition coefficient (Wildman–Crippen LogP) is 1.55. The maximum absolute atomic E-state index is 12.3. The zero-order valence-electron chi connectivity index (χ0n) is 10.1. The van der Waals surface area contributed by atoms with Gasteiger partial charge in [-0.05, 0) is 25.0 Å². The van der Waals surface area contributed by atoms with Gasteiger partial charge in [-0.3, -0.25) is 14.5 Å². The summed E-state index contributed by atoms with van der Waals surface area (Å²) in [6, 6.07) is 6.78. The largest absolute Gasteiger partial charge is 0.326 e. The highest BCUT2D eigenvalue weighted by molar-refractivity contribution is 6.21. The van der Waals surface area contributed by atoms with Crippen molar-refractivity contribution < 1.29 is 9.59 Å². The van der Waals surface area contributed by atoms with E-state index in [0.29, 0.717) is 11.1 Å². The van der Waals surface area contributed by atoms with Gasteiger partial charge in [-0.25, -0.2) is 0 Å². The molecule has 94 valence electrons. The van der Waals surface area contributed by atoms with E-state index in [1.807, 2.05) is 0 Å². The molecule has 2 amide bonds. The van der Waals surface area contributed by atoms with E-state index < -0.39 is 0 Å². The Morgan fingerprint density at radius 3 is 2.11 bits per heavy atom. The van der Waals surface area contributed by atoms with Crippen molar-refractivity contribution in [2.45, 2.75) is 37.8 Å². The van der Waals surface area contributed by atoms with E-state index in [4.69, 9.17) is 5.73 Å². The van der Waals surface area contributed by atoms with Crippen molar-refractivity contribution in [2.75, 3.05) is 0 Å². The highest BCUT2D eigenvalue weighted by Gasteiger charge is 2.42. The molecule has 4 heteroatoms. The van der Waals surface area contributed by atoms with Crippen LogP contribution in [0.15, 0.2) is 24.3 Å². The lowest BCUT2D eigenvalue weighted by Gasteiger charge is -2.34. The number of benzene rings is 1. The van der Waals surface area contributed by atoms with E-state index >= 15 is 0 Å². The number of amides is 2. The minimum Gasteiger partial charge on any atom is -0.326 e. The van der Waals surface area contributed by atoms with Crippen molar-refractivity contribution in [2.24, 2.45) is 5.73 Å². The first-order valence-electron chi connectivity index (χ1n) is 6.42. The fourth-order valence-electron chi connectivity index (χ4n) is 2.97. The molecule has 0 bridgehead atoms. The van der Waals surface area contributed by atoms with E-state index in [9.17, 15) is 9.59 Å². The summed E-state index contributed by atoms with van der Waals surface area (Å²) in [7, 11) is 0. The lowest BCUT2D eigenvalue weighted by atomic mass is 9.90. The van der Waals surface area contributed by atoms with E-state index in [1.54, 1.807) is 24.3 Å². The van der Waals surface area contributed by atoms with Crippen LogP contribution in [0.25, 0.3) is 0 Å². The zero-order chi connectivity index (χ0) is 12.7. The standard InChI is InChI=1S/C14H16N2O2/c15-11-7-3-4-8-12(11)16-13(17)9-5-1-2-6-10(9)14(16)18/h1-2,5-6,11-12H,3-4,7-8,15H2/t11?,12-/m0/s1. The van der Waals surface area contributed by atoms with E-state index in [-0.39, 0.29) is 23.9 Å². The molecule has 2 atom stereocenters. The summed E-state index contributed by atoms with van der Waals surface area (Å²) < 4.78 is 0. The Hall–Kier alpha value is -1.68. The molecule has 0 saturated heterocycles. The molecular weight excluding hydrogens is 228 g/mol. The quantitative estimate of drug-likeness (QED) is 0.762. The maximum atomic E-state index is 12.3. The lowest BCUT2D eigenvalue weighted by Crippen LogP contribution is -2.51. The van der Waals surface area contributed by atoms with Crippen LogP contribution in [0.2, 0.25) is 0 Å². The average molecular weight is 244 g/mol. The Morgan fingerprint density at radius 2 is 1.56 bits per heavy atom. The number of carbonyl (C=O) groups is 2. The minimum atomic E-state index is -0.182. The molecule has 1 aliphatic carbocycles. The molecule has 2 N–H and O–H groups in total. The molecule has 1 aromatic rings. The first-order chi connectivity index (χ1) is 8.70. The Balaban J connectivity index is 1.96. The van der Waals surface area contributed by atoms with Gasteiger partial charge in [-0.2, -0.15) is 0 Å². The predicted molar refractivity (Wildman–Crippen MR) is 67.2 cm³/mol. The van der Waals surface area contributed by atoms with Crippen molar-refractivity contribution in [3.05, 3.63) is 35.4 Å². The third kappa shape index (κ3) is 1.56. The van der Waals surface area contributed by atoms with Crippen LogP contribution in [-0.4, -0.2) is 28.8 Å². The van der Waals surface area contributed by atoms with Gasteiger partial charge in [0.25, 0.3) is 11.8 Å². The Bertz CT molecular complexity index is 477. The molecule has 0 aromatic heterocycles. The monoisotopic (exact) mass is 244 g/mol. The van der Waals surface area contributed by atoms with Crippen LogP contribution in [0.5, 0.6) is 0 Å². The normalized spacial score (nSPS) is 27.5. The van der Waals surface area contributed by atoms with Crippen LogP contribution in [0.4, 0.5) is 0 Å². The van der Waals surface area contributed by atoms with Gasteiger partial charge in [-0.15, -0.1) is 0 Å².